The first-order valence-electron chi connectivity index (χ1n) is 10.3. The molecule has 148 valence electrons. The molecule has 0 N–H and O–H groups in total. The minimum absolute atomic E-state index is 0.0419. The second kappa shape index (κ2) is 7.92. The zero-order valence-corrected chi connectivity index (χ0v) is 16.6. The predicted octanol–water partition coefficient (Wildman–Crippen LogP) is 2.29. The van der Waals surface area contributed by atoms with Crippen molar-refractivity contribution in [3.8, 4) is 0 Å². The Labute approximate surface area is 166 Å². The molecule has 0 saturated carbocycles. The van der Waals surface area contributed by atoms with Crippen LogP contribution in [-0.2, 0) is 23.2 Å². The number of carbonyl (C=O) groups excluding carboxylic acids is 1. The Morgan fingerprint density at radius 3 is 2.54 bits per heavy atom. The second-order valence-corrected chi connectivity index (χ2v) is 8.21. The Kier molecular flexibility index (Phi) is 5.36. The third-order valence-electron chi connectivity index (χ3n) is 6.42. The zero-order chi connectivity index (χ0) is 19.6. The van der Waals surface area contributed by atoms with Gasteiger partial charge in [-0.15, -0.1) is 0 Å². The molecule has 1 unspecified atom stereocenters. The molecule has 5 nitrogen and oxygen atoms in total. The number of hydrogen-bond donors (Lipinski definition) is 0. The molecule has 1 aromatic carbocycles. The van der Waals surface area contributed by atoms with Gasteiger partial charge in [0, 0.05) is 51.5 Å². The number of hydrogen-bond acceptors (Lipinski definition) is 3. The molecule has 2 aromatic rings. The van der Waals surface area contributed by atoms with E-state index in [9.17, 15) is 9.59 Å². The number of nitrogens with zero attached hydrogens (tertiary/aromatic N) is 3. The SMILES string of the molecule is CC1(C(=O)N2CCN(CCn3ccccc3=O)CC2)CCCc2ccccc21. The fraction of sp³-hybridized carbons (Fsp3) is 0.478. The molecule has 28 heavy (non-hydrogen) atoms. The predicted molar refractivity (Wildman–Crippen MR) is 110 cm³/mol. The molecule has 0 radical (unpaired) electrons. The number of aromatic nitrogens is 1. The fourth-order valence-corrected chi connectivity index (χ4v) is 4.68. The lowest BCUT2D eigenvalue weighted by molar-refractivity contribution is -0.139. The van der Waals surface area contributed by atoms with Crippen LogP contribution in [0.4, 0.5) is 0 Å². The molecule has 1 aliphatic carbocycles. The van der Waals surface area contributed by atoms with Crippen molar-refractivity contribution in [2.45, 2.75) is 38.1 Å². The monoisotopic (exact) mass is 379 g/mol. The highest BCUT2D eigenvalue weighted by Gasteiger charge is 2.41. The molecule has 1 saturated heterocycles. The summed E-state index contributed by atoms with van der Waals surface area (Å²) in [5, 5.41) is 0. The van der Waals surface area contributed by atoms with Gasteiger partial charge in [0.1, 0.15) is 0 Å². The molecule has 1 atom stereocenters. The van der Waals surface area contributed by atoms with Crippen molar-refractivity contribution >= 4 is 5.91 Å². The van der Waals surface area contributed by atoms with Crippen molar-refractivity contribution in [3.63, 3.8) is 0 Å². The van der Waals surface area contributed by atoms with E-state index in [0.29, 0.717) is 6.54 Å². The summed E-state index contributed by atoms with van der Waals surface area (Å²) in [7, 11) is 0. The van der Waals surface area contributed by atoms with E-state index in [4.69, 9.17) is 0 Å². The summed E-state index contributed by atoms with van der Waals surface area (Å²) >= 11 is 0. The number of aryl methyl sites for hydroxylation is 1. The van der Waals surface area contributed by atoms with E-state index in [-0.39, 0.29) is 11.5 Å². The van der Waals surface area contributed by atoms with E-state index in [1.54, 1.807) is 16.7 Å². The number of piperazine rings is 1. The standard InChI is InChI=1S/C23H29N3O2/c1-23(11-6-8-19-7-2-3-9-20(19)23)22(28)26-17-14-24(15-18-26)13-16-25-12-5-4-10-21(25)27/h2-5,7,9-10,12H,6,8,11,13-18H2,1H3. The number of amides is 1. The summed E-state index contributed by atoms with van der Waals surface area (Å²) in [4.78, 5) is 29.7. The highest BCUT2D eigenvalue weighted by molar-refractivity contribution is 5.88. The van der Waals surface area contributed by atoms with E-state index in [2.05, 4.69) is 36.1 Å². The molecule has 2 aliphatic rings. The van der Waals surface area contributed by atoms with Crippen LogP contribution in [0.3, 0.4) is 0 Å². The van der Waals surface area contributed by atoms with Crippen molar-refractivity contribution in [1.82, 2.24) is 14.4 Å². The van der Waals surface area contributed by atoms with Crippen molar-refractivity contribution < 1.29 is 4.79 Å². The average Bonchev–Trinajstić information content (AvgIpc) is 2.73. The van der Waals surface area contributed by atoms with E-state index < -0.39 is 5.41 Å². The molecule has 1 aliphatic heterocycles. The lowest BCUT2D eigenvalue weighted by Gasteiger charge is -2.42. The molecule has 1 fully saturated rings. The lowest BCUT2D eigenvalue weighted by Crippen LogP contribution is -2.54. The molecule has 0 bridgehead atoms. The van der Waals surface area contributed by atoms with Crippen LogP contribution in [0.15, 0.2) is 53.5 Å². The summed E-state index contributed by atoms with van der Waals surface area (Å²) in [6.07, 6.45) is 4.92. The highest BCUT2D eigenvalue weighted by Crippen LogP contribution is 2.38. The van der Waals surface area contributed by atoms with Gasteiger partial charge in [0.2, 0.25) is 5.91 Å². The number of fused-ring (bicyclic) bond motifs is 1. The van der Waals surface area contributed by atoms with Crippen molar-refractivity contribution in [2.24, 2.45) is 0 Å². The smallest absolute Gasteiger partial charge is 0.250 e. The Hall–Kier alpha value is -2.40. The number of rotatable bonds is 4. The molecule has 1 amide bonds. The van der Waals surface area contributed by atoms with Gasteiger partial charge in [-0.1, -0.05) is 30.3 Å². The van der Waals surface area contributed by atoms with Crippen molar-refractivity contribution in [3.05, 3.63) is 70.1 Å². The molecule has 2 heterocycles. The Bertz CT molecular complexity index is 898. The Morgan fingerprint density at radius 2 is 1.75 bits per heavy atom. The summed E-state index contributed by atoms with van der Waals surface area (Å²) in [5.41, 5.74) is 2.20. The summed E-state index contributed by atoms with van der Waals surface area (Å²) in [6, 6.07) is 13.7. The maximum Gasteiger partial charge on any atom is 0.250 e. The minimum atomic E-state index is -0.394. The largest absolute Gasteiger partial charge is 0.339 e. The van der Waals surface area contributed by atoms with Gasteiger partial charge < -0.3 is 9.47 Å². The summed E-state index contributed by atoms with van der Waals surface area (Å²) < 4.78 is 1.75. The van der Waals surface area contributed by atoms with Crippen LogP contribution in [0.25, 0.3) is 0 Å². The van der Waals surface area contributed by atoms with Gasteiger partial charge in [-0.2, -0.15) is 0 Å². The van der Waals surface area contributed by atoms with E-state index >= 15 is 0 Å². The van der Waals surface area contributed by atoms with E-state index in [1.165, 1.54) is 11.1 Å². The summed E-state index contributed by atoms with van der Waals surface area (Å²) in [6.45, 7) is 6.92. The minimum Gasteiger partial charge on any atom is -0.339 e. The first kappa shape index (κ1) is 18.9. The number of carbonyl (C=O) groups is 1. The fourth-order valence-electron chi connectivity index (χ4n) is 4.68. The molecular weight excluding hydrogens is 350 g/mol. The lowest BCUT2D eigenvalue weighted by atomic mass is 9.70. The maximum absolute atomic E-state index is 13.4. The average molecular weight is 380 g/mol. The molecule has 5 heteroatoms. The van der Waals surface area contributed by atoms with Gasteiger partial charge in [-0.05, 0) is 43.4 Å². The normalized spacial score (nSPS) is 22.7. The maximum atomic E-state index is 13.4. The molecular formula is C23H29N3O2. The van der Waals surface area contributed by atoms with Crippen LogP contribution in [0.2, 0.25) is 0 Å². The van der Waals surface area contributed by atoms with Gasteiger partial charge in [-0.25, -0.2) is 0 Å². The van der Waals surface area contributed by atoms with Crippen molar-refractivity contribution in [1.29, 1.82) is 0 Å². The zero-order valence-electron chi connectivity index (χ0n) is 16.6. The van der Waals surface area contributed by atoms with Crippen LogP contribution in [0.1, 0.15) is 30.9 Å². The van der Waals surface area contributed by atoms with Crippen LogP contribution in [0, 0.1) is 0 Å². The number of pyridine rings is 1. The first-order valence-corrected chi connectivity index (χ1v) is 10.3. The highest BCUT2D eigenvalue weighted by atomic mass is 16.2. The van der Waals surface area contributed by atoms with Gasteiger partial charge in [0.15, 0.2) is 0 Å². The first-order chi connectivity index (χ1) is 13.6. The topological polar surface area (TPSA) is 45.6 Å². The third kappa shape index (κ3) is 3.63. The van der Waals surface area contributed by atoms with Gasteiger partial charge in [0.25, 0.3) is 5.56 Å². The number of benzene rings is 1. The van der Waals surface area contributed by atoms with Gasteiger partial charge in [0.05, 0.1) is 5.41 Å². The summed E-state index contributed by atoms with van der Waals surface area (Å²) in [5.74, 6) is 0.276. The molecule has 1 aromatic heterocycles. The second-order valence-electron chi connectivity index (χ2n) is 8.21. The Morgan fingerprint density at radius 1 is 1.00 bits per heavy atom. The molecule has 0 spiro atoms. The molecule has 4 rings (SSSR count). The quantitative estimate of drug-likeness (QED) is 0.819. The van der Waals surface area contributed by atoms with Gasteiger partial charge in [-0.3, -0.25) is 14.5 Å². The van der Waals surface area contributed by atoms with Gasteiger partial charge >= 0.3 is 0 Å². The van der Waals surface area contributed by atoms with Crippen LogP contribution >= 0.6 is 0 Å². The van der Waals surface area contributed by atoms with Crippen LogP contribution in [-0.4, -0.2) is 53.0 Å². The van der Waals surface area contributed by atoms with E-state index in [0.717, 1.165) is 52.0 Å². The third-order valence-corrected chi connectivity index (χ3v) is 6.42. The van der Waals surface area contributed by atoms with Crippen LogP contribution < -0.4 is 5.56 Å². The van der Waals surface area contributed by atoms with Crippen molar-refractivity contribution in [2.75, 3.05) is 32.7 Å². The van der Waals surface area contributed by atoms with Crippen LogP contribution in [0.5, 0.6) is 0 Å². The Balaban J connectivity index is 1.37. The van der Waals surface area contributed by atoms with E-state index in [1.807, 2.05) is 17.2 Å².